The fourth-order valence-corrected chi connectivity index (χ4v) is 4.35. The summed E-state index contributed by atoms with van der Waals surface area (Å²) in [6.45, 7) is 4.99. The summed E-state index contributed by atoms with van der Waals surface area (Å²) in [7, 11) is 0. The van der Waals surface area contributed by atoms with Gasteiger partial charge in [0.05, 0.1) is 5.69 Å². The van der Waals surface area contributed by atoms with Crippen molar-refractivity contribution in [1.29, 1.82) is 0 Å². The second-order valence-corrected chi connectivity index (χ2v) is 8.72. The quantitative estimate of drug-likeness (QED) is 0.309. The Morgan fingerprint density at radius 1 is 0.903 bits per heavy atom. The number of benzene rings is 3. The van der Waals surface area contributed by atoms with Crippen molar-refractivity contribution in [2.75, 3.05) is 5.32 Å². The summed E-state index contributed by atoms with van der Waals surface area (Å²) < 4.78 is 5.86. The highest BCUT2D eigenvalue weighted by Gasteiger charge is 2.10. The molecule has 154 valence electrons. The monoisotopic (exact) mass is 425 g/mol. The van der Waals surface area contributed by atoms with Crippen molar-refractivity contribution < 1.29 is 4.42 Å². The van der Waals surface area contributed by atoms with E-state index in [0.717, 1.165) is 38.5 Å². The van der Waals surface area contributed by atoms with Gasteiger partial charge in [0.25, 0.3) is 6.01 Å². The Labute approximate surface area is 185 Å². The van der Waals surface area contributed by atoms with Crippen molar-refractivity contribution in [3.05, 3.63) is 89.3 Å². The summed E-state index contributed by atoms with van der Waals surface area (Å²) in [5.41, 5.74) is 7.37. The Hall–Kier alpha value is -3.44. The third-order valence-electron chi connectivity index (χ3n) is 5.27. The number of hydrogen-bond donors (Lipinski definition) is 1. The van der Waals surface area contributed by atoms with Gasteiger partial charge in [-0.1, -0.05) is 68.4 Å². The SMILES string of the molecule is CC(C)c1ccc2oc(NCc3cccc(-c4nc(-c5ccccc5)cs4)c3)nc2c1. The Morgan fingerprint density at radius 2 is 1.74 bits per heavy atom. The molecule has 0 spiro atoms. The van der Waals surface area contributed by atoms with Crippen molar-refractivity contribution >= 4 is 28.5 Å². The molecule has 4 nitrogen and oxygen atoms in total. The van der Waals surface area contributed by atoms with Gasteiger partial charge in [-0.05, 0) is 35.2 Å². The molecular weight excluding hydrogens is 402 g/mol. The van der Waals surface area contributed by atoms with Crippen LogP contribution in [-0.2, 0) is 6.54 Å². The van der Waals surface area contributed by atoms with Crippen LogP contribution < -0.4 is 5.32 Å². The molecule has 0 aliphatic rings. The van der Waals surface area contributed by atoms with Gasteiger partial charge in [0, 0.05) is 23.1 Å². The highest BCUT2D eigenvalue weighted by atomic mass is 32.1. The van der Waals surface area contributed by atoms with Crippen LogP contribution in [0, 0.1) is 0 Å². The third-order valence-corrected chi connectivity index (χ3v) is 6.16. The number of anilines is 1. The molecule has 5 heteroatoms. The largest absolute Gasteiger partial charge is 0.424 e. The lowest BCUT2D eigenvalue weighted by Crippen LogP contribution is -1.99. The molecule has 2 aromatic heterocycles. The first kappa shape index (κ1) is 19.5. The molecule has 0 amide bonds. The molecule has 0 unspecified atom stereocenters. The summed E-state index contributed by atoms with van der Waals surface area (Å²) in [6.07, 6.45) is 0. The highest BCUT2D eigenvalue weighted by Crippen LogP contribution is 2.29. The maximum absolute atomic E-state index is 5.86. The van der Waals surface area contributed by atoms with Gasteiger partial charge in [0.15, 0.2) is 5.58 Å². The van der Waals surface area contributed by atoms with Gasteiger partial charge < -0.3 is 9.73 Å². The molecule has 0 saturated heterocycles. The van der Waals surface area contributed by atoms with Crippen molar-refractivity contribution in [3.8, 4) is 21.8 Å². The van der Waals surface area contributed by atoms with E-state index >= 15 is 0 Å². The first-order chi connectivity index (χ1) is 15.2. The van der Waals surface area contributed by atoms with E-state index in [4.69, 9.17) is 9.40 Å². The third kappa shape index (κ3) is 4.23. The van der Waals surface area contributed by atoms with E-state index in [1.807, 2.05) is 24.3 Å². The summed E-state index contributed by atoms with van der Waals surface area (Å²) in [5.74, 6) is 0.466. The number of thiazole rings is 1. The first-order valence-corrected chi connectivity index (χ1v) is 11.3. The molecule has 0 radical (unpaired) electrons. The molecule has 3 aromatic carbocycles. The zero-order valence-corrected chi connectivity index (χ0v) is 18.3. The predicted octanol–water partition coefficient (Wildman–Crippen LogP) is 7.35. The van der Waals surface area contributed by atoms with Crippen LogP contribution in [-0.4, -0.2) is 9.97 Å². The minimum Gasteiger partial charge on any atom is -0.424 e. The maximum Gasteiger partial charge on any atom is 0.295 e. The average Bonchev–Trinajstić information content (AvgIpc) is 3.45. The van der Waals surface area contributed by atoms with Gasteiger partial charge in [-0.3, -0.25) is 0 Å². The predicted molar refractivity (Wildman–Crippen MR) is 128 cm³/mol. The Morgan fingerprint density at radius 3 is 2.58 bits per heavy atom. The van der Waals surface area contributed by atoms with E-state index in [9.17, 15) is 0 Å². The fourth-order valence-electron chi connectivity index (χ4n) is 3.52. The van der Waals surface area contributed by atoms with Crippen molar-refractivity contribution in [2.24, 2.45) is 0 Å². The number of nitrogens with one attached hydrogen (secondary N) is 1. The van der Waals surface area contributed by atoms with Crippen LogP contribution in [0.3, 0.4) is 0 Å². The number of nitrogens with zero attached hydrogens (tertiary/aromatic N) is 2. The Kier molecular flexibility index (Phi) is 5.26. The molecule has 5 aromatic rings. The second-order valence-electron chi connectivity index (χ2n) is 7.86. The van der Waals surface area contributed by atoms with Gasteiger partial charge >= 0.3 is 0 Å². The van der Waals surface area contributed by atoms with E-state index in [1.165, 1.54) is 5.56 Å². The molecule has 0 bridgehead atoms. The van der Waals surface area contributed by atoms with Crippen LogP contribution in [0.4, 0.5) is 6.01 Å². The molecule has 31 heavy (non-hydrogen) atoms. The van der Waals surface area contributed by atoms with Crippen molar-refractivity contribution in [3.63, 3.8) is 0 Å². The van der Waals surface area contributed by atoms with Crippen LogP contribution in [0.15, 0.2) is 82.6 Å². The molecule has 0 atom stereocenters. The van der Waals surface area contributed by atoms with Crippen LogP contribution >= 0.6 is 11.3 Å². The molecule has 1 N–H and O–H groups in total. The minimum atomic E-state index is 0.466. The van der Waals surface area contributed by atoms with Gasteiger partial charge in [-0.15, -0.1) is 11.3 Å². The lowest BCUT2D eigenvalue weighted by molar-refractivity contribution is 0.614. The molecule has 5 rings (SSSR count). The van der Waals surface area contributed by atoms with Gasteiger partial charge in [0.2, 0.25) is 0 Å². The van der Waals surface area contributed by atoms with Crippen LogP contribution in [0.2, 0.25) is 0 Å². The Bertz CT molecular complexity index is 1320. The minimum absolute atomic E-state index is 0.466. The zero-order chi connectivity index (χ0) is 21.2. The summed E-state index contributed by atoms with van der Waals surface area (Å²) in [5, 5.41) is 6.44. The smallest absolute Gasteiger partial charge is 0.295 e. The topological polar surface area (TPSA) is 51.0 Å². The van der Waals surface area contributed by atoms with Crippen molar-refractivity contribution in [1.82, 2.24) is 9.97 Å². The Balaban J connectivity index is 1.32. The average molecular weight is 426 g/mol. The van der Waals surface area contributed by atoms with Crippen molar-refractivity contribution in [2.45, 2.75) is 26.3 Å². The highest BCUT2D eigenvalue weighted by molar-refractivity contribution is 7.13. The van der Waals surface area contributed by atoms with E-state index in [1.54, 1.807) is 11.3 Å². The van der Waals surface area contributed by atoms with E-state index in [0.29, 0.717) is 18.5 Å². The number of oxazole rings is 1. The second kappa shape index (κ2) is 8.36. The first-order valence-electron chi connectivity index (χ1n) is 10.4. The zero-order valence-electron chi connectivity index (χ0n) is 17.5. The van der Waals surface area contributed by atoms with Crippen LogP contribution in [0.25, 0.3) is 32.9 Å². The number of rotatable bonds is 6. The fraction of sp³-hybridized carbons (Fsp3) is 0.154. The van der Waals surface area contributed by atoms with E-state index < -0.39 is 0 Å². The van der Waals surface area contributed by atoms with Crippen LogP contribution in [0.1, 0.15) is 30.9 Å². The standard InChI is InChI=1S/C26H23N3OS/c1-17(2)20-11-12-24-22(14-20)29-26(30-24)27-15-18-7-6-10-21(13-18)25-28-23(16-31-25)19-8-4-3-5-9-19/h3-14,16-17H,15H2,1-2H3,(H,27,29). The summed E-state index contributed by atoms with van der Waals surface area (Å²) >= 11 is 1.66. The lowest BCUT2D eigenvalue weighted by Gasteiger charge is -2.04. The van der Waals surface area contributed by atoms with Gasteiger partial charge in [-0.2, -0.15) is 4.98 Å². The molecule has 0 saturated carbocycles. The van der Waals surface area contributed by atoms with Crippen LogP contribution in [0.5, 0.6) is 0 Å². The number of hydrogen-bond acceptors (Lipinski definition) is 5. The van der Waals surface area contributed by atoms with E-state index in [-0.39, 0.29) is 0 Å². The molecular formula is C26H23N3OS. The van der Waals surface area contributed by atoms with Gasteiger partial charge in [0.1, 0.15) is 10.5 Å². The molecule has 2 heterocycles. The normalized spacial score (nSPS) is 11.3. The number of aromatic nitrogens is 2. The molecule has 0 aliphatic carbocycles. The number of fused-ring (bicyclic) bond motifs is 1. The van der Waals surface area contributed by atoms with E-state index in [2.05, 4.69) is 78.1 Å². The maximum atomic E-state index is 5.86. The van der Waals surface area contributed by atoms with Gasteiger partial charge in [-0.25, -0.2) is 4.98 Å². The summed E-state index contributed by atoms with van der Waals surface area (Å²) in [6, 6.07) is 25.4. The molecule has 0 fully saturated rings. The molecule has 0 aliphatic heterocycles. The lowest BCUT2D eigenvalue weighted by atomic mass is 10.0. The summed E-state index contributed by atoms with van der Waals surface area (Å²) in [4.78, 5) is 9.43.